The highest BCUT2D eigenvalue weighted by Gasteiger charge is 2.07. The third-order valence-electron chi connectivity index (χ3n) is 2.61. The van der Waals surface area contributed by atoms with Crippen molar-refractivity contribution in [2.45, 2.75) is 26.8 Å². The summed E-state index contributed by atoms with van der Waals surface area (Å²) in [6.45, 7) is 5.15. The van der Waals surface area contributed by atoms with E-state index in [1.54, 1.807) is 7.11 Å². The lowest BCUT2D eigenvalue weighted by molar-refractivity contribution is -0.136. The number of nitrogens with one attached hydrogen (secondary N) is 1. The number of carboxylic acids is 1. The third kappa shape index (κ3) is 4.07. The molecule has 4 nitrogen and oxygen atoms in total. The highest BCUT2D eigenvalue weighted by molar-refractivity contribution is 5.66. The monoisotopic (exact) mass is 237 g/mol. The molecule has 0 amide bonds. The van der Waals surface area contributed by atoms with Crippen molar-refractivity contribution in [3.8, 4) is 5.75 Å². The van der Waals surface area contributed by atoms with E-state index in [1.807, 2.05) is 19.9 Å². The predicted octanol–water partition coefficient (Wildman–Crippen LogP) is 1.88. The first kappa shape index (κ1) is 13.5. The molecule has 0 aliphatic carbocycles. The minimum absolute atomic E-state index is 0.132. The van der Waals surface area contributed by atoms with Gasteiger partial charge >= 0.3 is 5.97 Å². The van der Waals surface area contributed by atoms with E-state index >= 15 is 0 Å². The van der Waals surface area contributed by atoms with E-state index in [2.05, 4.69) is 11.4 Å². The molecule has 0 aliphatic heterocycles. The number of carboxylic acid groups (broad SMARTS) is 1. The molecule has 0 aromatic heterocycles. The number of carbonyl (C=O) groups is 1. The van der Waals surface area contributed by atoms with Gasteiger partial charge < -0.3 is 15.2 Å². The Morgan fingerprint density at radius 1 is 1.41 bits per heavy atom. The highest BCUT2D eigenvalue weighted by atomic mass is 16.5. The summed E-state index contributed by atoms with van der Waals surface area (Å²) in [6.07, 6.45) is 0.132. The number of aliphatic carboxylic acids is 1. The zero-order valence-electron chi connectivity index (χ0n) is 10.5. The molecule has 1 aromatic carbocycles. The molecule has 0 spiro atoms. The first-order valence-electron chi connectivity index (χ1n) is 5.61. The average Bonchev–Trinajstić information content (AvgIpc) is 2.25. The molecule has 0 saturated carbocycles. The Labute approximate surface area is 102 Å². The fourth-order valence-corrected chi connectivity index (χ4v) is 1.78. The van der Waals surface area contributed by atoms with Crippen molar-refractivity contribution in [2.75, 3.05) is 13.7 Å². The van der Waals surface area contributed by atoms with Crippen LogP contribution in [0.1, 0.15) is 23.1 Å². The second-order valence-corrected chi connectivity index (χ2v) is 4.08. The van der Waals surface area contributed by atoms with E-state index in [0.717, 1.165) is 22.4 Å². The van der Waals surface area contributed by atoms with Crippen LogP contribution < -0.4 is 10.1 Å². The topological polar surface area (TPSA) is 58.6 Å². The van der Waals surface area contributed by atoms with Gasteiger partial charge in [-0.2, -0.15) is 0 Å². The molecule has 0 radical (unpaired) electrons. The van der Waals surface area contributed by atoms with E-state index in [1.165, 1.54) is 0 Å². The molecular weight excluding hydrogens is 218 g/mol. The van der Waals surface area contributed by atoms with Gasteiger partial charge in [-0.05, 0) is 31.0 Å². The van der Waals surface area contributed by atoms with E-state index in [4.69, 9.17) is 9.84 Å². The van der Waals surface area contributed by atoms with Crippen molar-refractivity contribution in [3.05, 3.63) is 28.8 Å². The summed E-state index contributed by atoms with van der Waals surface area (Å²) in [7, 11) is 1.65. The van der Waals surface area contributed by atoms with Gasteiger partial charge in [0.25, 0.3) is 0 Å². The fraction of sp³-hybridized carbons (Fsp3) is 0.462. The molecule has 1 aromatic rings. The van der Waals surface area contributed by atoms with Gasteiger partial charge in [-0.15, -0.1) is 0 Å². The average molecular weight is 237 g/mol. The Morgan fingerprint density at radius 2 is 2.12 bits per heavy atom. The minimum atomic E-state index is -0.787. The largest absolute Gasteiger partial charge is 0.496 e. The van der Waals surface area contributed by atoms with Crippen LogP contribution in [0, 0.1) is 13.8 Å². The van der Waals surface area contributed by atoms with Gasteiger partial charge in [0, 0.05) is 18.7 Å². The number of methoxy groups -OCH3 is 1. The van der Waals surface area contributed by atoms with Crippen molar-refractivity contribution >= 4 is 5.97 Å². The maximum Gasteiger partial charge on any atom is 0.304 e. The van der Waals surface area contributed by atoms with Crippen molar-refractivity contribution in [2.24, 2.45) is 0 Å². The molecule has 94 valence electrons. The van der Waals surface area contributed by atoms with Crippen LogP contribution in [0.25, 0.3) is 0 Å². The minimum Gasteiger partial charge on any atom is -0.496 e. The first-order valence-corrected chi connectivity index (χ1v) is 5.61. The smallest absolute Gasteiger partial charge is 0.304 e. The van der Waals surface area contributed by atoms with E-state index in [9.17, 15) is 4.79 Å². The van der Waals surface area contributed by atoms with Crippen LogP contribution in [0.2, 0.25) is 0 Å². The molecule has 2 N–H and O–H groups in total. The molecule has 0 aliphatic rings. The summed E-state index contributed by atoms with van der Waals surface area (Å²) < 4.78 is 5.33. The van der Waals surface area contributed by atoms with Crippen molar-refractivity contribution < 1.29 is 14.6 Å². The lowest BCUT2D eigenvalue weighted by Crippen LogP contribution is -2.18. The van der Waals surface area contributed by atoms with Gasteiger partial charge in [0.1, 0.15) is 5.75 Å². The number of hydrogen-bond acceptors (Lipinski definition) is 3. The second kappa shape index (κ2) is 6.25. The van der Waals surface area contributed by atoms with Gasteiger partial charge in [0.05, 0.1) is 13.5 Å². The summed E-state index contributed by atoms with van der Waals surface area (Å²) in [5.41, 5.74) is 3.40. The Morgan fingerprint density at radius 3 is 2.71 bits per heavy atom. The Bertz CT molecular complexity index is 402. The molecule has 0 unspecified atom stereocenters. The Kier molecular flexibility index (Phi) is 4.97. The predicted molar refractivity (Wildman–Crippen MR) is 66.4 cm³/mol. The van der Waals surface area contributed by atoms with E-state index in [0.29, 0.717) is 13.1 Å². The normalized spacial score (nSPS) is 10.3. The number of aryl methyl sites for hydroxylation is 2. The third-order valence-corrected chi connectivity index (χ3v) is 2.61. The Balaban J connectivity index is 2.66. The van der Waals surface area contributed by atoms with Crippen molar-refractivity contribution in [1.29, 1.82) is 0 Å². The zero-order valence-corrected chi connectivity index (χ0v) is 10.5. The molecule has 0 fully saturated rings. The van der Waals surface area contributed by atoms with Gasteiger partial charge in [0.15, 0.2) is 0 Å². The summed E-state index contributed by atoms with van der Waals surface area (Å²) in [5.74, 6) is 0.0652. The summed E-state index contributed by atoms with van der Waals surface area (Å²) in [4.78, 5) is 10.4. The van der Waals surface area contributed by atoms with Crippen molar-refractivity contribution in [1.82, 2.24) is 5.32 Å². The van der Waals surface area contributed by atoms with Crippen LogP contribution in [-0.2, 0) is 11.3 Å². The van der Waals surface area contributed by atoms with Gasteiger partial charge in [-0.3, -0.25) is 4.79 Å². The highest BCUT2D eigenvalue weighted by Crippen LogP contribution is 2.23. The number of benzene rings is 1. The Hall–Kier alpha value is -1.55. The molecular formula is C13H19NO3. The fourth-order valence-electron chi connectivity index (χ4n) is 1.78. The zero-order chi connectivity index (χ0) is 12.8. The van der Waals surface area contributed by atoms with Crippen LogP contribution in [0.15, 0.2) is 12.1 Å². The number of ether oxygens (including phenoxy) is 1. The summed E-state index contributed by atoms with van der Waals surface area (Å²) in [5, 5.41) is 11.6. The van der Waals surface area contributed by atoms with Gasteiger partial charge in [0.2, 0.25) is 0 Å². The number of rotatable bonds is 6. The standard InChI is InChI=1S/C13H19NO3/c1-9-6-10(2)11(12(7-9)17-3)8-14-5-4-13(15)16/h6-7,14H,4-5,8H2,1-3H3,(H,15,16). The van der Waals surface area contributed by atoms with Gasteiger partial charge in [-0.1, -0.05) is 6.07 Å². The van der Waals surface area contributed by atoms with Crippen LogP contribution >= 0.6 is 0 Å². The molecule has 0 bridgehead atoms. The van der Waals surface area contributed by atoms with Crippen LogP contribution in [0.4, 0.5) is 0 Å². The quantitative estimate of drug-likeness (QED) is 0.742. The molecule has 0 saturated heterocycles. The van der Waals surface area contributed by atoms with Crippen LogP contribution in [0.3, 0.4) is 0 Å². The van der Waals surface area contributed by atoms with E-state index in [-0.39, 0.29) is 6.42 Å². The number of hydrogen-bond donors (Lipinski definition) is 2. The van der Waals surface area contributed by atoms with E-state index < -0.39 is 5.97 Å². The SMILES string of the molecule is COc1cc(C)cc(C)c1CNCCC(=O)O. The van der Waals surface area contributed by atoms with Gasteiger partial charge in [-0.25, -0.2) is 0 Å². The first-order chi connectivity index (χ1) is 8.04. The van der Waals surface area contributed by atoms with Crippen molar-refractivity contribution in [3.63, 3.8) is 0 Å². The summed E-state index contributed by atoms with van der Waals surface area (Å²) >= 11 is 0. The lowest BCUT2D eigenvalue weighted by atomic mass is 10.0. The molecule has 17 heavy (non-hydrogen) atoms. The lowest BCUT2D eigenvalue weighted by Gasteiger charge is -2.13. The van der Waals surface area contributed by atoms with Crippen LogP contribution in [-0.4, -0.2) is 24.7 Å². The second-order valence-electron chi connectivity index (χ2n) is 4.08. The molecule has 0 heterocycles. The maximum absolute atomic E-state index is 10.4. The molecule has 0 atom stereocenters. The maximum atomic E-state index is 10.4. The molecule has 4 heteroatoms. The molecule has 1 rings (SSSR count). The summed E-state index contributed by atoms with van der Waals surface area (Å²) in [6, 6.07) is 4.08. The van der Waals surface area contributed by atoms with Crippen LogP contribution in [0.5, 0.6) is 5.75 Å².